The van der Waals surface area contributed by atoms with Gasteiger partial charge in [0, 0.05) is 23.5 Å². The van der Waals surface area contributed by atoms with Gasteiger partial charge in [0.05, 0.1) is 5.56 Å². The molecule has 0 aliphatic carbocycles. The lowest BCUT2D eigenvalue weighted by molar-refractivity contribution is 0.102. The van der Waals surface area contributed by atoms with E-state index in [2.05, 4.69) is 10.3 Å². The minimum Gasteiger partial charge on any atom is -0.322 e. The van der Waals surface area contributed by atoms with Crippen LogP contribution in [0.3, 0.4) is 0 Å². The predicted octanol–water partition coefficient (Wildman–Crippen LogP) is 3.42. The summed E-state index contributed by atoms with van der Waals surface area (Å²) in [6.45, 7) is 1.82. The van der Waals surface area contributed by atoms with Gasteiger partial charge in [0.25, 0.3) is 5.91 Å². The monoisotopic (exact) mass is 274 g/mol. The molecule has 0 saturated carbocycles. The van der Waals surface area contributed by atoms with E-state index < -0.39 is 0 Å². The van der Waals surface area contributed by atoms with Gasteiger partial charge in [-0.25, -0.2) is 0 Å². The van der Waals surface area contributed by atoms with Gasteiger partial charge in [-0.2, -0.15) is 0 Å². The lowest BCUT2D eigenvalue weighted by Gasteiger charge is -2.07. The molecule has 1 heterocycles. The third-order valence-corrected chi connectivity index (χ3v) is 3.04. The van der Waals surface area contributed by atoms with Gasteiger partial charge in [0.2, 0.25) is 0 Å². The summed E-state index contributed by atoms with van der Waals surface area (Å²) in [5.74, 6) is 0.455. The van der Waals surface area contributed by atoms with Crippen LogP contribution in [0.5, 0.6) is 0 Å². The Hall–Kier alpha value is -1.87. The maximum Gasteiger partial charge on any atom is 0.257 e. The van der Waals surface area contributed by atoms with E-state index in [4.69, 9.17) is 11.6 Å². The Labute approximate surface area is 117 Å². The van der Waals surface area contributed by atoms with Gasteiger partial charge in [-0.3, -0.25) is 9.78 Å². The van der Waals surface area contributed by atoms with Crippen molar-refractivity contribution >= 4 is 23.2 Å². The van der Waals surface area contributed by atoms with Crippen LogP contribution in [0, 0.1) is 6.92 Å². The van der Waals surface area contributed by atoms with Crippen LogP contribution in [0.1, 0.15) is 21.6 Å². The SMILES string of the molecule is Cc1ncccc1C(=O)Nc1ccc(CCCl)cc1. The Balaban J connectivity index is 2.09. The smallest absolute Gasteiger partial charge is 0.257 e. The zero-order chi connectivity index (χ0) is 13.7. The maximum absolute atomic E-state index is 12.1. The van der Waals surface area contributed by atoms with Gasteiger partial charge >= 0.3 is 0 Å². The topological polar surface area (TPSA) is 42.0 Å². The summed E-state index contributed by atoms with van der Waals surface area (Å²) in [5.41, 5.74) is 3.24. The van der Waals surface area contributed by atoms with E-state index in [1.165, 1.54) is 0 Å². The number of nitrogens with zero attached hydrogens (tertiary/aromatic N) is 1. The molecule has 1 amide bonds. The Morgan fingerprint density at radius 3 is 2.63 bits per heavy atom. The van der Waals surface area contributed by atoms with Crippen LogP contribution in [0.4, 0.5) is 5.69 Å². The van der Waals surface area contributed by atoms with Crippen molar-refractivity contribution in [2.24, 2.45) is 0 Å². The fraction of sp³-hybridized carbons (Fsp3) is 0.200. The molecule has 19 heavy (non-hydrogen) atoms. The lowest BCUT2D eigenvalue weighted by Crippen LogP contribution is -2.13. The molecule has 3 nitrogen and oxygen atoms in total. The summed E-state index contributed by atoms with van der Waals surface area (Å²) in [7, 11) is 0. The summed E-state index contributed by atoms with van der Waals surface area (Å²) >= 11 is 5.68. The number of hydrogen-bond acceptors (Lipinski definition) is 2. The minimum atomic E-state index is -0.143. The van der Waals surface area contributed by atoms with Gasteiger partial charge in [-0.05, 0) is 43.2 Å². The van der Waals surface area contributed by atoms with Crippen molar-refractivity contribution in [2.75, 3.05) is 11.2 Å². The Morgan fingerprint density at radius 1 is 1.26 bits per heavy atom. The van der Waals surface area contributed by atoms with E-state index in [1.54, 1.807) is 18.3 Å². The highest BCUT2D eigenvalue weighted by atomic mass is 35.5. The van der Waals surface area contributed by atoms with Gasteiger partial charge in [0.15, 0.2) is 0 Å². The Morgan fingerprint density at radius 2 is 2.00 bits per heavy atom. The molecule has 0 radical (unpaired) electrons. The quantitative estimate of drug-likeness (QED) is 0.868. The zero-order valence-electron chi connectivity index (χ0n) is 10.7. The van der Waals surface area contributed by atoms with E-state index in [9.17, 15) is 4.79 Å². The molecule has 98 valence electrons. The molecule has 1 aromatic carbocycles. The van der Waals surface area contributed by atoms with Crippen molar-refractivity contribution < 1.29 is 4.79 Å². The number of carbonyl (C=O) groups excluding carboxylic acids is 1. The number of carbonyl (C=O) groups is 1. The van der Waals surface area contributed by atoms with Crippen LogP contribution in [-0.4, -0.2) is 16.8 Å². The number of aromatic nitrogens is 1. The normalized spacial score (nSPS) is 10.2. The molecule has 0 saturated heterocycles. The van der Waals surface area contributed by atoms with Crippen molar-refractivity contribution in [3.8, 4) is 0 Å². The highest BCUT2D eigenvalue weighted by molar-refractivity contribution is 6.18. The van der Waals surface area contributed by atoms with Crippen molar-refractivity contribution in [1.29, 1.82) is 0 Å². The number of halogens is 1. The molecule has 1 N–H and O–H groups in total. The second kappa shape index (κ2) is 6.34. The molecular weight excluding hydrogens is 260 g/mol. The fourth-order valence-electron chi connectivity index (χ4n) is 1.79. The largest absolute Gasteiger partial charge is 0.322 e. The molecule has 0 spiro atoms. The van der Waals surface area contributed by atoms with E-state index >= 15 is 0 Å². The van der Waals surface area contributed by atoms with Crippen LogP contribution >= 0.6 is 11.6 Å². The number of benzene rings is 1. The second-order valence-corrected chi connectivity index (χ2v) is 4.60. The van der Waals surface area contributed by atoms with E-state index in [0.29, 0.717) is 11.4 Å². The third kappa shape index (κ3) is 3.55. The summed E-state index contributed by atoms with van der Waals surface area (Å²) in [6.07, 6.45) is 2.50. The Kier molecular flexibility index (Phi) is 4.53. The zero-order valence-corrected chi connectivity index (χ0v) is 11.4. The summed E-state index contributed by atoms with van der Waals surface area (Å²) in [6, 6.07) is 11.2. The van der Waals surface area contributed by atoms with Crippen molar-refractivity contribution in [2.45, 2.75) is 13.3 Å². The molecule has 1 aromatic heterocycles. The predicted molar refractivity (Wildman–Crippen MR) is 77.8 cm³/mol. The van der Waals surface area contributed by atoms with Crippen LogP contribution in [-0.2, 0) is 6.42 Å². The minimum absolute atomic E-state index is 0.143. The molecule has 0 atom stereocenters. The molecule has 0 aliphatic heterocycles. The van der Waals surface area contributed by atoms with E-state index in [-0.39, 0.29) is 5.91 Å². The van der Waals surface area contributed by atoms with Crippen LogP contribution in [0.25, 0.3) is 0 Å². The summed E-state index contributed by atoms with van der Waals surface area (Å²) in [4.78, 5) is 16.2. The van der Waals surface area contributed by atoms with E-state index in [1.807, 2.05) is 31.2 Å². The van der Waals surface area contributed by atoms with Crippen LogP contribution in [0.15, 0.2) is 42.6 Å². The maximum atomic E-state index is 12.1. The molecule has 0 aliphatic rings. The highest BCUT2D eigenvalue weighted by Gasteiger charge is 2.09. The summed E-state index contributed by atoms with van der Waals surface area (Å²) < 4.78 is 0. The first-order valence-corrected chi connectivity index (χ1v) is 6.62. The fourth-order valence-corrected chi connectivity index (χ4v) is 2.00. The van der Waals surface area contributed by atoms with Crippen molar-refractivity contribution in [1.82, 2.24) is 4.98 Å². The standard InChI is InChI=1S/C15H15ClN2O/c1-11-14(3-2-10-17-11)15(19)18-13-6-4-12(5-7-13)8-9-16/h2-7,10H,8-9H2,1H3,(H,18,19). The first kappa shape index (κ1) is 13.6. The molecular formula is C15H15ClN2O. The molecule has 2 rings (SSSR count). The highest BCUT2D eigenvalue weighted by Crippen LogP contribution is 2.13. The molecule has 0 bridgehead atoms. The number of rotatable bonds is 4. The second-order valence-electron chi connectivity index (χ2n) is 4.23. The first-order chi connectivity index (χ1) is 9.20. The van der Waals surface area contributed by atoms with Crippen molar-refractivity contribution in [3.63, 3.8) is 0 Å². The molecule has 0 fully saturated rings. The van der Waals surface area contributed by atoms with Gasteiger partial charge in [-0.1, -0.05) is 12.1 Å². The van der Waals surface area contributed by atoms with Gasteiger partial charge in [0.1, 0.15) is 0 Å². The summed E-state index contributed by atoms with van der Waals surface area (Å²) in [5, 5.41) is 2.86. The first-order valence-electron chi connectivity index (χ1n) is 6.08. The molecule has 0 unspecified atom stereocenters. The Bertz CT molecular complexity index is 567. The number of hydrogen-bond donors (Lipinski definition) is 1. The van der Waals surface area contributed by atoms with E-state index in [0.717, 1.165) is 23.4 Å². The number of nitrogens with one attached hydrogen (secondary N) is 1. The number of alkyl halides is 1. The average molecular weight is 275 g/mol. The average Bonchev–Trinajstić information content (AvgIpc) is 2.42. The number of amides is 1. The number of aryl methyl sites for hydroxylation is 2. The van der Waals surface area contributed by atoms with Crippen molar-refractivity contribution in [3.05, 3.63) is 59.4 Å². The van der Waals surface area contributed by atoms with Gasteiger partial charge in [-0.15, -0.1) is 11.6 Å². The third-order valence-electron chi connectivity index (χ3n) is 2.85. The molecule has 2 aromatic rings. The van der Waals surface area contributed by atoms with Gasteiger partial charge < -0.3 is 5.32 Å². The number of pyridine rings is 1. The van der Waals surface area contributed by atoms with Crippen LogP contribution < -0.4 is 5.32 Å². The molecule has 4 heteroatoms. The lowest BCUT2D eigenvalue weighted by atomic mass is 10.1. The number of anilines is 1. The van der Waals surface area contributed by atoms with Crippen LogP contribution in [0.2, 0.25) is 0 Å².